The van der Waals surface area contributed by atoms with Crippen LogP contribution in [0.1, 0.15) is 83.5 Å². The van der Waals surface area contributed by atoms with Crippen LogP contribution in [0.2, 0.25) is 0 Å². The van der Waals surface area contributed by atoms with Gasteiger partial charge in [-0.3, -0.25) is 4.99 Å². The molecule has 4 rings (SSSR count). The highest BCUT2D eigenvalue weighted by Crippen LogP contribution is 2.42. The largest absolute Gasteiger partial charge is 0.393 e. The van der Waals surface area contributed by atoms with E-state index in [0.717, 1.165) is 43.5 Å². The Bertz CT molecular complexity index is 674. The van der Waals surface area contributed by atoms with Gasteiger partial charge < -0.3 is 10.8 Å². The molecule has 4 aliphatic carbocycles. The zero-order valence-electron chi connectivity index (χ0n) is 18.1. The van der Waals surface area contributed by atoms with Crippen LogP contribution in [0.15, 0.2) is 40.4 Å². The van der Waals surface area contributed by atoms with Crippen molar-refractivity contribution in [1.82, 2.24) is 0 Å². The van der Waals surface area contributed by atoms with Crippen LogP contribution in [-0.2, 0) is 0 Å². The van der Waals surface area contributed by atoms with Gasteiger partial charge in [-0.15, -0.1) is 0 Å². The quantitative estimate of drug-likeness (QED) is 0.355. The maximum atomic E-state index is 10.5. The lowest BCUT2D eigenvalue weighted by Crippen LogP contribution is -2.30. The molecule has 0 radical (unpaired) electrons. The van der Waals surface area contributed by atoms with E-state index in [1.807, 2.05) is 0 Å². The van der Waals surface area contributed by atoms with Crippen LogP contribution in [0.5, 0.6) is 0 Å². The van der Waals surface area contributed by atoms with Crippen molar-refractivity contribution in [1.29, 1.82) is 0 Å². The monoisotopic (exact) mass is 396 g/mol. The molecule has 0 spiro atoms. The summed E-state index contributed by atoms with van der Waals surface area (Å²) in [5.41, 5.74) is 9.21. The van der Waals surface area contributed by atoms with E-state index in [0.29, 0.717) is 11.8 Å². The first-order chi connectivity index (χ1) is 14.2. The maximum Gasteiger partial charge on any atom is 0.121 e. The molecular weight excluding hydrogens is 356 g/mol. The molecule has 0 saturated heterocycles. The van der Waals surface area contributed by atoms with Crippen molar-refractivity contribution >= 4 is 5.84 Å². The molecule has 29 heavy (non-hydrogen) atoms. The maximum absolute atomic E-state index is 10.5. The van der Waals surface area contributed by atoms with E-state index >= 15 is 0 Å². The summed E-state index contributed by atoms with van der Waals surface area (Å²) in [7, 11) is 0. The van der Waals surface area contributed by atoms with Crippen molar-refractivity contribution in [3.63, 3.8) is 0 Å². The smallest absolute Gasteiger partial charge is 0.121 e. The number of allylic oxidation sites excluding steroid dienone is 3. The van der Waals surface area contributed by atoms with E-state index in [1.54, 1.807) is 5.57 Å². The van der Waals surface area contributed by atoms with Crippen LogP contribution in [0.25, 0.3) is 0 Å². The van der Waals surface area contributed by atoms with Gasteiger partial charge in [-0.1, -0.05) is 42.7 Å². The highest BCUT2D eigenvalue weighted by molar-refractivity contribution is 5.97. The van der Waals surface area contributed by atoms with Gasteiger partial charge in [0.25, 0.3) is 0 Å². The predicted molar refractivity (Wildman–Crippen MR) is 122 cm³/mol. The van der Waals surface area contributed by atoms with E-state index < -0.39 is 0 Å². The van der Waals surface area contributed by atoms with Crippen LogP contribution in [0, 0.1) is 23.7 Å². The van der Waals surface area contributed by atoms with Crippen molar-refractivity contribution < 1.29 is 5.11 Å². The molecule has 3 N–H and O–H groups in total. The minimum Gasteiger partial charge on any atom is -0.393 e. The first-order valence-corrected chi connectivity index (χ1v) is 12.2. The molecule has 0 bridgehead atoms. The van der Waals surface area contributed by atoms with Crippen LogP contribution >= 0.6 is 0 Å². The average Bonchev–Trinajstić information content (AvgIpc) is 2.79. The number of nitrogens with two attached hydrogens (primary N) is 1. The van der Waals surface area contributed by atoms with Gasteiger partial charge in [0.1, 0.15) is 5.84 Å². The van der Waals surface area contributed by atoms with E-state index in [-0.39, 0.29) is 6.10 Å². The fourth-order valence-corrected chi connectivity index (χ4v) is 6.09. The van der Waals surface area contributed by atoms with Gasteiger partial charge in [0, 0.05) is 12.5 Å². The first kappa shape index (κ1) is 20.9. The minimum atomic E-state index is -0.0957. The Morgan fingerprint density at radius 3 is 2.66 bits per heavy atom. The SMILES string of the molecule is N/C(=N\CC1C=CCCC1)C1=CCC([C@H]2CCC=C(C3CCCCC3O)C2)CC1. The Balaban J connectivity index is 1.30. The molecule has 0 aromatic rings. The van der Waals surface area contributed by atoms with Crippen molar-refractivity contribution in [2.75, 3.05) is 6.54 Å². The van der Waals surface area contributed by atoms with Gasteiger partial charge in [0.15, 0.2) is 0 Å². The van der Waals surface area contributed by atoms with E-state index in [9.17, 15) is 5.11 Å². The lowest BCUT2D eigenvalue weighted by Gasteiger charge is -2.37. The summed E-state index contributed by atoms with van der Waals surface area (Å²) in [5.74, 6) is 3.38. The van der Waals surface area contributed by atoms with Gasteiger partial charge in [0.2, 0.25) is 0 Å². The summed E-state index contributed by atoms with van der Waals surface area (Å²) in [6.45, 7) is 0.851. The van der Waals surface area contributed by atoms with E-state index in [4.69, 9.17) is 10.7 Å². The molecule has 1 fully saturated rings. The summed E-state index contributed by atoms with van der Waals surface area (Å²) < 4.78 is 0. The number of rotatable bonds is 5. The second-order valence-corrected chi connectivity index (χ2v) is 9.89. The predicted octanol–water partition coefficient (Wildman–Crippen LogP) is 5.70. The number of aliphatic hydroxyl groups is 1. The molecule has 4 unspecified atom stereocenters. The topological polar surface area (TPSA) is 58.6 Å². The molecule has 0 aromatic heterocycles. The van der Waals surface area contributed by atoms with Gasteiger partial charge in [-0.25, -0.2) is 0 Å². The number of aliphatic imine (C=N–C) groups is 1. The Morgan fingerprint density at radius 1 is 1.00 bits per heavy atom. The Kier molecular flexibility index (Phi) is 7.29. The number of hydrogen-bond donors (Lipinski definition) is 2. The molecule has 3 nitrogen and oxygen atoms in total. The third kappa shape index (κ3) is 5.42. The van der Waals surface area contributed by atoms with Gasteiger partial charge in [0.05, 0.1) is 6.10 Å². The summed E-state index contributed by atoms with van der Waals surface area (Å²) in [5, 5.41) is 10.5. The standard InChI is InChI=1S/C26H40N2O/c27-26(28-18-19-7-2-1-3-8-19)21-15-13-20(14-16-21)22-9-6-10-23(17-22)24-11-4-5-12-25(24)29/h2,7,10,15,19-20,22,24-25,29H,1,3-6,8-9,11-14,16-18H2,(H2,27,28)/t19?,20?,22-,24?,25?/m0/s1. The number of aliphatic hydroxyl groups excluding tert-OH is 1. The molecule has 4 aliphatic rings. The fourth-order valence-electron chi connectivity index (χ4n) is 6.09. The number of nitrogens with zero attached hydrogens (tertiary/aromatic N) is 1. The minimum absolute atomic E-state index is 0.0957. The first-order valence-electron chi connectivity index (χ1n) is 12.2. The summed E-state index contributed by atoms with van der Waals surface area (Å²) >= 11 is 0. The van der Waals surface area contributed by atoms with Crippen LogP contribution < -0.4 is 5.73 Å². The second-order valence-electron chi connectivity index (χ2n) is 9.89. The summed E-state index contributed by atoms with van der Waals surface area (Å²) in [4.78, 5) is 4.73. The Labute approximate surface area is 177 Å². The average molecular weight is 397 g/mol. The molecule has 5 atom stereocenters. The lowest BCUT2D eigenvalue weighted by atomic mass is 9.69. The summed E-state index contributed by atoms with van der Waals surface area (Å²) in [6, 6.07) is 0. The highest BCUT2D eigenvalue weighted by atomic mass is 16.3. The Hall–Kier alpha value is -1.35. The number of hydrogen-bond acceptors (Lipinski definition) is 2. The van der Waals surface area contributed by atoms with Gasteiger partial charge in [-0.05, 0) is 94.0 Å². The normalized spacial score (nSPS) is 36.4. The molecule has 0 aromatic carbocycles. The number of amidine groups is 1. The van der Waals surface area contributed by atoms with Crippen molar-refractivity contribution in [2.45, 2.75) is 89.6 Å². The second kappa shape index (κ2) is 10.1. The molecule has 0 amide bonds. The van der Waals surface area contributed by atoms with Crippen LogP contribution in [0.4, 0.5) is 0 Å². The zero-order valence-corrected chi connectivity index (χ0v) is 18.1. The molecule has 1 saturated carbocycles. The third-order valence-corrected chi connectivity index (χ3v) is 7.94. The van der Waals surface area contributed by atoms with Crippen molar-refractivity contribution in [2.24, 2.45) is 34.4 Å². The molecule has 3 heteroatoms. The van der Waals surface area contributed by atoms with Gasteiger partial charge in [-0.2, -0.15) is 0 Å². The third-order valence-electron chi connectivity index (χ3n) is 7.94. The van der Waals surface area contributed by atoms with Crippen LogP contribution in [0.3, 0.4) is 0 Å². The van der Waals surface area contributed by atoms with E-state index in [2.05, 4.69) is 24.3 Å². The van der Waals surface area contributed by atoms with Crippen molar-refractivity contribution in [3.05, 3.63) is 35.5 Å². The van der Waals surface area contributed by atoms with E-state index in [1.165, 1.54) is 69.8 Å². The van der Waals surface area contributed by atoms with Crippen molar-refractivity contribution in [3.8, 4) is 0 Å². The van der Waals surface area contributed by atoms with Gasteiger partial charge >= 0.3 is 0 Å². The zero-order chi connectivity index (χ0) is 20.1. The molecule has 0 aliphatic heterocycles. The Morgan fingerprint density at radius 2 is 1.90 bits per heavy atom. The highest BCUT2D eigenvalue weighted by Gasteiger charge is 2.32. The molecule has 160 valence electrons. The lowest BCUT2D eigenvalue weighted by molar-refractivity contribution is 0.0819. The summed E-state index contributed by atoms with van der Waals surface area (Å²) in [6.07, 6.45) is 25.0. The van der Waals surface area contributed by atoms with Crippen LogP contribution in [-0.4, -0.2) is 23.6 Å². The molecular formula is C26H40N2O. The fraction of sp³-hybridized carbons (Fsp3) is 0.731. The molecule has 0 heterocycles.